The molecule has 0 amide bonds. The predicted molar refractivity (Wildman–Crippen MR) is 68.9 cm³/mol. The van der Waals surface area contributed by atoms with E-state index >= 15 is 0 Å². The van der Waals surface area contributed by atoms with Crippen LogP contribution in [0.2, 0.25) is 0 Å². The molecule has 7 heteroatoms. The van der Waals surface area contributed by atoms with Crippen molar-refractivity contribution in [2.75, 3.05) is 17.2 Å². The average molecular weight is 259 g/mol. The molecule has 0 bridgehead atoms. The van der Waals surface area contributed by atoms with Gasteiger partial charge in [-0.3, -0.25) is 0 Å². The van der Waals surface area contributed by atoms with Crippen LogP contribution in [0.5, 0.6) is 0 Å². The van der Waals surface area contributed by atoms with Crippen LogP contribution in [0.3, 0.4) is 0 Å². The fraction of sp³-hybridized carbons (Fsp3) is 0.250. The third-order valence-corrected chi connectivity index (χ3v) is 3.29. The maximum Gasteiger partial charge on any atom is 0.337 e. The largest absolute Gasteiger partial charge is 0.478 e. The molecule has 98 valence electrons. The molecule has 0 saturated carbocycles. The molecule has 2 aromatic rings. The Morgan fingerprint density at radius 3 is 3.00 bits per heavy atom. The number of carbonyl (C=O) groups is 1. The fourth-order valence-electron chi connectivity index (χ4n) is 2.29. The summed E-state index contributed by atoms with van der Waals surface area (Å²) in [5.41, 5.74) is 7.10. The Bertz CT molecular complexity index is 637. The number of rotatable bonds is 2. The minimum atomic E-state index is -1.01. The zero-order valence-electron chi connectivity index (χ0n) is 10.2. The van der Waals surface area contributed by atoms with Crippen molar-refractivity contribution in [2.45, 2.75) is 13.1 Å². The minimum Gasteiger partial charge on any atom is -0.478 e. The molecule has 0 aliphatic carbocycles. The number of para-hydroxylation sites is 1. The third kappa shape index (κ3) is 1.88. The number of carboxylic acids is 1. The highest BCUT2D eigenvalue weighted by Gasteiger charge is 2.21. The second-order valence-corrected chi connectivity index (χ2v) is 4.41. The van der Waals surface area contributed by atoms with Crippen LogP contribution in [0, 0.1) is 0 Å². The Kier molecular flexibility index (Phi) is 2.59. The van der Waals surface area contributed by atoms with E-state index in [9.17, 15) is 4.79 Å². The van der Waals surface area contributed by atoms with E-state index in [1.165, 1.54) is 6.07 Å². The number of anilines is 2. The van der Waals surface area contributed by atoms with Crippen molar-refractivity contribution in [3.63, 3.8) is 0 Å². The Hall–Kier alpha value is -2.57. The molecule has 0 saturated heterocycles. The topological polar surface area (TPSA) is 97.3 Å². The number of hydrogen-bond acceptors (Lipinski definition) is 5. The normalized spacial score (nSPS) is 14.2. The number of benzene rings is 1. The number of aromatic carboxylic acids is 1. The molecule has 0 atom stereocenters. The highest BCUT2D eigenvalue weighted by atomic mass is 16.4. The lowest BCUT2D eigenvalue weighted by Crippen LogP contribution is -2.34. The first-order valence-corrected chi connectivity index (χ1v) is 5.90. The monoisotopic (exact) mass is 259 g/mol. The highest BCUT2D eigenvalue weighted by Crippen LogP contribution is 2.29. The van der Waals surface area contributed by atoms with Gasteiger partial charge in [0, 0.05) is 13.1 Å². The van der Waals surface area contributed by atoms with Crippen LogP contribution in [0.15, 0.2) is 24.5 Å². The van der Waals surface area contributed by atoms with Crippen LogP contribution in [0.4, 0.5) is 11.4 Å². The van der Waals surface area contributed by atoms with Gasteiger partial charge in [0.05, 0.1) is 23.5 Å². The molecule has 3 N–H and O–H groups in total. The molecule has 0 unspecified atom stereocenters. The molecular weight excluding hydrogens is 246 g/mol. The van der Waals surface area contributed by atoms with Crippen LogP contribution >= 0.6 is 0 Å². The van der Waals surface area contributed by atoms with Crippen LogP contribution in [0.1, 0.15) is 16.2 Å². The second-order valence-electron chi connectivity index (χ2n) is 4.41. The zero-order chi connectivity index (χ0) is 13.4. The third-order valence-electron chi connectivity index (χ3n) is 3.29. The number of nitrogen functional groups attached to an aromatic ring is 1. The number of nitrogens with two attached hydrogens (primary N) is 1. The van der Waals surface area contributed by atoms with E-state index in [1.54, 1.807) is 12.4 Å². The van der Waals surface area contributed by atoms with Gasteiger partial charge in [-0.1, -0.05) is 6.07 Å². The van der Waals surface area contributed by atoms with E-state index in [4.69, 9.17) is 10.8 Å². The summed E-state index contributed by atoms with van der Waals surface area (Å²) in [6.45, 7) is 2.09. The second kappa shape index (κ2) is 4.27. The lowest BCUT2D eigenvalue weighted by Gasteiger charge is -2.30. The summed E-state index contributed by atoms with van der Waals surface area (Å²) >= 11 is 0. The smallest absolute Gasteiger partial charge is 0.337 e. The first-order valence-electron chi connectivity index (χ1n) is 5.90. The van der Waals surface area contributed by atoms with Gasteiger partial charge in [-0.25, -0.2) is 4.79 Å². The summed E-state index contributed by atoms with van der Waals surface area (Å²) < 4.78 is 1.98. The summed E-state index contributed by atoms with van der Waals surface area (Å²) in [4.78, 5) is 13.1. The van der Waals surface area contributed by atoms with Crippen molar-refractivity contribution >= 4 is 17.3 Å². The molecule has 7 nitrogen and oxygen atoms in total. The standard InChI is InChI=1S/C12H13N5O2/c13-11-8(12(18)19)2-1-3-9(11)16-4-5-17-7-14-15-10(17)6-16/h1-3,7H,4-6,13H2,(H,18,19). The Morgan fingerprint density at radius 1 is 1.37 bits per heavy atom. The van der Waals surface area contributed by atoms with E-state index < -0.39 is 5.97 Å². The summed E-state index contributed by atoms with van der Waals surface area (Å²) in [5.74, 6) is -0.161. The summed E-state index contributed by atoms with van der Waals surface area (Å²) in [7, 11) is 0. The Morgan fingerprint density at radius 2 is 2.21 bits per heavy atom. The SMILES string of the molecule is Nc1c(C(=O)O)cccc1N1CCn2cnnc2C1. The highest BCUT2D eigenvalue weighted by molar-refractivity contribution is 5.97. The molecular formula is C12H13N5O2. The molecule has 1 aliphatic heterocycles. The number of fused-ring (bicyclic) bond motifs is 1. The molecule has 19 heavy (non-hydrogen) atoms. The molecule has 1 aliphatic rings. The van der Waals surface area contributed by atoms with Crippen molar-refractivity contribution < 1.29 is 9.90 Å². The van der Waals surface area contributed by atoms with Gasteiger partial charge < -0.3 is 20.3 Å². The van der Waals surface area contributed by atoms with Gasteiger partial charge in [0.15, 0.2) is 5.82 Å². The van der Waals surface area contributed by atoms with Gasteiger partial charge in [-0.2, -0.15) is 0 Å². The van der Waals surface area contributed by atoms with E-state index in [0.29, 0.717) is 12.2 Å². The van der Waals surface area contributed by atoms with Gasteiger partial charge in [0.25, 0.3) is 0 Å². The quantitative estimate of drug-likeness (QED) is 0.766. The van der Waals surface area contributed by atoms with Crippen molar-refractivity contribution in [1.82, 2.24) is 14.8 Å². The van der Waals surface area contributed by atoms with Crippen LogP contribution in [-0.4, -0.2) is 32.4 Å². The first kappa shape index (κ1) is 11.5. The van der Waals surface area contributed by atoms with Crippen molar-refractivity contribution in [1.29, 1.82) is 0 Å². The van der Waals surface area contributed by atoms with E-state index in [2.05, 4.69) is 10.2 Å². The lowest BCUT2D eigenvalue weighted by molar-refractivity contribution is 0.0698. The number of carboxylic acid groups (broad SMARTS) is 1. The van der Waals surface area contributed by atoms with Crippen molar-refractivity contribution in [3.8, 4) is 0 Å². The molecule has 1 aromatic heterocycles. The van der Waals surface area contributed by atoms with E-state index in [-0.39, 0.29) is 5.56 Å². The first-order chi connectivity index (χ1) is 9.16. The molecule has 3 rings (SSSR count). The van der Waals surface area contributed by atoms with E-state index in [0.717, 1.165) is 24.6 Å². The Labute approximate surface area is 109 Å². The number of aromatic nitrogens is 3. The lowest BCUT2D eigenvalue weighted by atomic mass is 10.1. The van der Waals surface area contributed by atoms with Gasteiger partial charge >= 0.3 is 5.97 Å². The number of hydrogen-bond donors (Lipinski definition) is 2. The van der Waals surface area contributed by atoms with Crippen molar-refractivity contribution in [2.24, 2.45) is 0 Å². The van der Waals surface area contributed by atoms with Crippen LogP contribution in [0.25, 0.3) is 0 Å². The summed E-state index contributed by atoms with van der Waals surface area (Å²) in [5, 5.41) is 17.0. The predicted octanol–water partition coefficient (Wildman–Crippen LogP) is 0.579. The summed E-state index contributed by atoms with van der Waals surface area (Å²) in [6.07, 6.45) is 1.70. The fourth-order valence-corrected chi connectivity index (χ4v) is 2.29. The van der Waals surface area contributed by atoms with Gasteiger partial charge in [-0.05, 0) is 12.1 Å². The zero-order valence-corrected chi connectivity index (χ0v) is 10.2. The maximum atomic E-state index is 11.1. The molecule has 1 aromatic carbocycles. The van der Waals surface area contributed by atoms with Crippen LogP contribution < -0.4 is 10.6 Å². The maximum absolute atomic E-state index is 11.1. The van der Waals surface area contributed by atoms with Crippen molar-refractivity contribution in [3.05, 3.63) is 35.9 Å². The molecule has 0 radical (unpaired) electrons. The van der Waals surface area contributed by atoms with Gasteiger partial charge in [-0.15, -0.1) is 10.2 Å². The Balaban J connectivity index is 1.96. The van der Waals surface area contributed by atoms with Gasteiger partial charge in [0.2, 0.25) is 0 Å². The number of nitrogens with zero attached hydrogens (tertiary/aromatic N) is 4. The van der Waals surface area contributed by atoms with E-state index in [1.807, 2.05) is 15.5 Å². The molecule has 0 spiro atoms. The average Bonchev–Trinajstić information content (AvgIpc) is 2.85. The summed E-state index contributed by atoms with van der Waals surface area (Å²) in [6, 6.07) is 5.04. The molecule has 2 heterocycles. The van der Waals surface area contributed by atoms with Gasteiger partial charge in [0.1, 0.15) is 6.33 Å². The minimum absolute atomic E-state index is 0.129. The van der Waals surface area contributed by atoms with Crippen LogP contribution in [-0.2, 0) is 13.1 Å². The molecule has 0 fully saturated rings.